The third-order valence-corrected chi connectivity index (χ3v) is 1.49. The molecule has 0 radical (unpaired) electrons. The van der Waals surface area contributed by atoms with Gasteiger partial charge in [-0.15, -0.1) is 0 Å². The van der Waals surface area contributed by atoms with Crippen molar-refractivity contribution in [1.82, 2.24) is 0 Å². The Hall–Kier alpha value is -1.19. The Kier molecular flexibility index (Phi) is 2.80. The lowest BCUT2D eigenvalue weighted by Crippen LogP contribution is -2.22. The van der Waals surface area contributed by atoms with Crippen LogP contribution in [-0.4, -0.2) is 6.11 Å². The molecule has 13 heavy (non-hydrogen) atoms. The monoisotopic (exact) mass is 190 g/mol. The molecule has 0 bridgehead atoms. The molecule has 0 aliphatic heterocycles. The minimum Gasteiger partial charge on any atom is -0.433 e. The first-order valence-corrected chi connectivity index (χ1v) is 3.86. The van der Waals surface area contributed by atoms with Crippen LogP contribution < -0.4 is 4.74 Å². The molecule has 0 saturated carbocycles. The largest absolute Gasteiger partial charge is 0.433 e. The van der Waals surface area contributed by atoms with E-state index in [0.717, 1.165) is 12.1 Å². The molecule has 1 nitrogen and oxygen atoms in total. The number of hydrogen-bond donors (Lipinski definition) is 0. The van der Waals surface area contributed by atoms with Gasteiger partial charge in [0.1, 0.15) is 11.6 Å². The van der Waals surface area contributed by atoms with Crippen LogP contribution >= 0.6 is 0 Å². The number of rotatable bonds is 3. The van der Waals surface area contributed by atoms with Gasteiger partial charge in [0.05, 0.1) is 0 Å². The Bertz CT molecular complexity index is 269. The summed E-state index contributed by atoms with van der Waals surface area (Å²) in [4.78, 5) is 0. The Labute approximate surface area is 74.1 Å². The summed E-state index contributed by atoms with van der Waals surface area (Å²) >= 11 is 0. The van der Waals surface area contributed by atoms with E-state index in [1.165, 1.54) is 19.1 Å². The lowest BCUT2D eigenvalue weighted by Gasteiger charge is -2.15. The molecule has 0 saturated heterocycles. The van der Waals surface area contributed by atoms with Gasteiger partial charge in [-0.3, -0.25) is 0 Å². The van der Waals surface area contributed by atoms with Gasteiger partial charge in [0, 0.05) is 6.42 Å². The molecule has 0 aromatic heterocycles. The molecule has 1 aromatic rings. The Morgan fingerprint density at radius 3 is 2.23 bits per heavy atom. The van der Waals surface area contributed by atoms with E-state index in [1.54, 1.807) is 0 Å². The highest BCUT2D eigenvalue weighted by Gasteiger charge is 2.28. The van der Waals surface area contributed by atoms with Crippen LogP contribution in [0, 0.1) is 5.82 Å². The molecule has 4 heteroatoms. The van der Waals surface area contributed by atoms with Crippen LogP contribution in [0.1, 0.15) is 13.3 Å². The molecule has 0 amide bonds. The van der Waals surface area contributed by atoms with Crippen LogP contribution in [0.3, 0.4) is 0 Å². The first-order valence-electron chi connectivity index (χ1n) is 3.86. The van der Waals surface area contributed by atoms with E-state index in [1.807, 2.05) is 0 Å². The van der Waals surface area contributed by atoms with E-state index < -0.39 is 18.3 Å². The second-order valence-corrected chi connectivity index (χ2v) is 2.55. The Morgan fingerprint density at radius 2 is 1.77 bits per heavy atom. The molecular formula is C9H9F3O. The van der Waals surface area contributed by atoms with Crippen molar-refractivity contribution in [3.8, 4) is 5.75 Å². The van der Waals surface area contributed by atoms with E-state index in [4.69, 9.17) is 0 Å². The van der Waals surface area contributed by atoms with Crippen LogP contribution in [0.4, 0.5) is 13.2 Å². The maximum absolute atomic E-state index is 12.6. The van der Waals surface area contributed by atoms with Crippen molar-refractivity contribution in [2.45, 2.75) is 19.5 Å². The highest BCUT2D eigenvalue weighted by molar-refractivity contribution is 5.22. The summed E-state index contributed by atoms with van der Waals surface area (Å²) in [6.07, 6.45) is -3.60. The van der Waals surface area contributed by atoms with Gasteiger partial charge < -0.3 is 4.74 Å². The molecule has 1 rings (SSSR count). The minimum absolute atomic E-state index is 0.0340. The van der Waals surface area contributed by atoms with Gasteiger partial charge in [0.2, 0.25) is 0 Å². The number of ether oxygens (including phenoxy) is 1. The van der Waals surface area contributed by atoms with Gasteiger partial charge in [-0.05, 0) is 24.3 Å². The average Bonchev–Trinajstić information content (AvgIpc) is 2.09. The predicted octanol–water partition coefficient (Wildman–Crippen LogP) is 3.21. The normalized spacial score (nSPS) is 11.4. The van der Waals surface area contributed by atoms with Crippen molar-refractivity contribution in [2.75, 3.05) is 0 Å². The van der Waals surface area contributed by atoms with Crippen molar-refractivity contribution in [3.63, 3.8) is 0 Å². The molecule has 72 valence electrons. The van der Waals surface area contributed by atoms with Gasteiger partial charge in [-0.25, -0.2) is 4.39 Å². The maximum atomic E-state index is 12.6. The highest BCUT2D eigenvalue weighted by Crippen LogP contribution is 2.23. The average molecular weight is 190 g/mol. The lowest BCUT2D eigenvalue weighted by molar-refractivity contribution is -0.177. The lowest BCUT2D eigenvalue weighted by atomic mass is 10.3. The summed E-state index contributed by atoms with van der Waals surface area (Å²) in [6, 6.07) is 4.47. The predicted molar refractivity (Wildman–Crippen MR) is 42.3 cm³/mol. The first kappa shape index (κ1) is 9.89. The zero-order valence-corrected chi connectivity index (χ0v) is 7.06. The standard InChI is InChI=1S/C9H9F3O/c1-2-9(11,12)13-8-5-3-7(10)4-6-8/h3-6H,2H2,1H3. The van der Waals surface area contributed by atoms with Crippen LogP contribution in [0.15, 0.2) is 24.3 Å². The third kappa shape index (κ3) is 2.97. The highest BCUT2D eigenvalue weighted by atomic mass is 19.3. The van der Waals surface area contributed by atoms with Crippen LogP contribution in [-0.2, 0) is 0 Å². The third-order valence-electron chi connectivity index (χ3n) is 1.49. The summed E-state index contributed by atoms with van der Waals surface area (Å²) in [5.74, 6) is -0.514. The van der Waals surface area contributed by atoms with E-state index in [9.17, 15) is 13.2 Å². The van der Waals surface area contributed by atoms with Gasteiger partial charge in [-0.1, -0.05) is 6.92 Å². The molecule has 0 aliphatic carbocycles. The Morgan fingerprint density at radius 1 is 1.23 bits per heavy atom. The van der Waals surface area contributed by atoms with Crippen molar-refractivity contribution in [3.05, 3.63) is 30.1 Å². The van der Waals surface area contributed by atoms with Crippen molar-refractivity contribution in [1.29, 1.82) is 0 Å². The first-order chi connectivity index (χ1) is 6.03. The zero-order valence-electron chi connectivity index (χ0n) is 7.06. The van der Waals surface area contributed by atoms with Crippen molar-refractivity contribution in [2.24, 2.45) is 0 Å². The van der Waals surface area contributed by atoms with Crippen LogP contribution in [0.2, 0.25) is 0 Å². The molecule has 1 aromatic carbocycles. The summed E-state index contributed by atoms with van der Waals surface area (Å²) in [5, 5.41) is 0. The van der Waals surface area contributed by atoms with Crippen molar-refractivity contribution < 1.29 is 17.9 Å². The fourth-order valence-electron chi connectivity index (χ4n) is 0.747. The summed E-state index contributed by atoms with van der Waals surface area (Å²) in [5.41, 5.74) is 0. The SMILES string of the molecule is CCC(F)(F)Oc1ccc(F)cc1. The molecule has 0 aliphatic rings. The van der Waals surface area contributed by atoms with E-state index in [2.05, 4.69) is 4.74 Å². The molecule has 0 N–H and O–H groups in total. The van der Waals surface area contributed by atoms with Crippen LogP contribution in [0.25, 0.3) is 0 Å². The molecule has 0 atom stereocenters. The van der Waals surface area contributed by atoms with Crippen molar-refractivity contribution >= 4 is 0 Å². The molecule has 0 unspecified atom stereocenters. The molecule has 0 fully saturated rings. The van der Waals surface area contributed by atoms with Crippen LogP contribution in [0.5, 0.6) is 5.75 Å². The second kappa shape index (κ2) is 3.68. The fraction of sp³-hybridized carbons (Fsp3) is 0.333. The summed E-state index contributed by atoms with van der Waals surface area (Å²) in [7, 11) is 0. The number of halogens is 3. The maximum Gasteiger partial charge on any atom is 0.397 e. The number of benzene rings is 1. The van der Waals surface area contributed by atoms with Gasteiger partial charge in [-0.2, -0.15) is 8.78 Å². The minimum atomic E-state index is -3.18. The van der Waals surface area contributed by atoms with Gasteiger partial charge >= 0.3 is 6.11 Å². The second-order valence-electron chi connectivity index (χ2n) is 2.55. The number of hydrogen-bond acceptors (Lipinski definition) is 1. The van der Waals surface area contributed by atoms with Gasteiger partial charge in [0.15, 0.2) is 0 Å². The molecule has 0 heterocycles. The molecule has 0 spiro atoms. The Balaban J connectivity index is 2.69. The molecular weight excluding hydrogens is 181 g/mol. The van der Waals surface area contributed by atoms with E-state index in [0.29, 0.717) is 0 Å². The topological polar surface area (TPSA) is 9.23 Å². The summed E-state index contributed by atoms with van der Waals surface area (Å²) in [6.45, 7) is 1.31. The smallest absolute Gasteiger partial charge is 0.397 e. The number of alkyl halides is 2. The quantitative estimate of drug-likeness (QED) is 0.711. The van der Waals surface area contributed by atoms with Gasteiger partial charge in [0.25, 0.3) is 0 Å². The fourth-order valence-corrected chi connectivity index (χ4v) is 0.747. The summed E-state index contributed by atoms with van der Waals surface area (Å²) < 4.78 is 41.9. The zero-order chi connectivity index (χ0) is 9.90. The van der Waals surface area contributed by atoms with E-state index in [-0.39, 0.29) is 5.75 Å². The van der Waals surface area contributed by atoms with E-state index >= 15 is 0 Å².